The van der Waals surface area contributed by atoms with E-state index >= 15 is 0 Å². The summed E-state index contributed by atoms with van der Waals surface area (Å²) >= 11 is 1.64. The van der Waals surface area contributed by atoms with Gasteiger partial charge in [-0.1, -0.05) is 6.07 Å². The lowest BCUT2D eigenvalue weighted by Crippen LogP contribution is -2.59. The van der Waals surface area contributed by atoms with Gasteiger partial charge in [-0.3, -0.25) is 10.1 Å². The van der Waals surface area contributed by atoms with Crippen LogP contribution in [0.1, 0.15) is 31.6 Å². The van der Waals surface area contributed by atoms with E-state index in [1.807, 2.05) is 31.4 Å². The minimum atomic E-state index is -0.869. The van der Waals surface area contributed by atoms with E-state index in [4.69, 9.17) is 4.74 Å². The van der Waals surface area contributed by atoms with Crippen molar-refractivity contribution in [3.8, 4) is 0 Å². The summed E-state index contributed by atoms with van der Waals surface area (Å²) in [5, 5.41) is 14.8. The molecule has 100 valence electrons. The third kappa shape index (κ3) is 2.91. The minimum Gasteiger partial charge on any atom is -0.480 e. The Kier molecular flexibility index (Phi) is 3.75. The maximum Gasteiger partial charge on any atom is 0.324 e. The van der Waals surface area contributed by atoms with E-state index in [-0.39, 0.29) is 5.60 Å². The average Bonchev–Trinajstić information content (AvgIpc) is 2.77. The van der Waals surface area contributed by atoms with E-state index in [9.17, 15) is 9.90 Å². The molecule has 1 aromatic rings. The first-order valence-corrected chi connectivity index (χ1v) is 6.96. The lowest BCUT2D eigenvalue weighted by molar-refractivity contribution is -0.158. The number of rotatable bonds is 4. The smallest absolute Gasteiger partial charge is 0.324 e. The van der Waals surface area contributed by atoms with Gasteiger partial charge in [0.1, 0.15) is 5.54 Å². The van der Waals surface area contributed by atoms with Crippen LogP contribution in [0.3, 0.4) is 0 Å². The van der Waals surface area contributed by atoms with Gasteiger partial charge in [0.05, 0.1) is 5.60 Å². The maximum atomic E-state index is 11.6. The zero-order valence-corrected chi connectivity index (χ0v) is 11.5. The lowest BCUT2D eigenvalue weighted by atomic mass is 9.81. The summed E-state index contributed by atoms with van der Waals surface area (Å²) < 4.78 is 5.61. The number of carboxylic acids is 1. The molecule has 1 aliphatic rings. The molecular weight excluding hydrogens is 250 g/mol. The lowest BCUT2D eigenvalue weighted by Gasteiger charge is -2.42. The van der Waals surface area contributed by atoms with Crippen molar-refractivity contribution in [3.63, 3.8) is 0 Å². The molecule has 2 heterocycles. The number of ether oxygens (including phenoxy) is 1. The molecule has 0 bridgehead atoms. The van der Waals surface area contributed by atoms with Crippen LogP contribution in [-0.2, 0) is 16.1 Å². The van der Waals surface area contributed by atoms with E-state index in [0.29, 0.717) is 26.0 Å². The zero-order chi connectivity index (χ0) is 13.2. The van der Waals surface area contributed by atoms with Crippen molar-refractivity contribution in [1.29, 1.82) is 0 Å². The molecular formula is C13H19NO3S. The molecule has 1 aromatic heterocycles. The Morgan fingerprint density at radius 3 is 2.94 bits per heavy atom. The Hall–Kier alpha value is -0.910. The number of carboxylic acid groups (broad SMARTS) is 1. The van der Waals surface area contributed by atoms with Crippen molar-refractivity contribution in [2.45, 2.75) is 44.4 Å². The number of hydrogen-bond donors (Lipinski definition) is 2. The Labute approximate surface area is 111 Å². The third-order valence-corrected chi connectivity index (χ3v) is 4.22. The first-order chi connectivity index (χ1) is 8.44. The summed E-state index contributed by atoms with van der Waals surface area (Å²) in [4.78, 5) is 12.8. The highest BCUT2D eigenvalue weighted by atomic mass is 32.1. The summed E-state index contributed by atoms with van der Waals surface area (Å²) in [5.74, 6) is -0.782. The fourth-order valence-corrected chi connectivity index (χ4v) is 3.09. The summed E-state index contributed by atoms with van der Waals surface area (Å²) in [6, 6.07) is 3.99. The molecule has 5 heteroatoms. The van der Waals surface area contributed by atoms with Crippen LogP contribution in [0.25, 0.3) is 0 Å². The van der Waals surface area contributed by atoms with Gasteiger partial charge in [0.2, 0.25) is 0 Å². The molecule has 1 aliphatic heterocycles. The van der Waals surface area contributed by atoms with Gasteiger partial charge in [-0.2, -0.15) is 0 Å². The Morgan fingerprint density at radius 2 is 2.39 bits per heavy atom. The summed E-state index contributed by atoms with van der Waals surface area (Å²) in [5.41, 5.74) is -1.26. The van der Waals surface area contributed by atoms with Crippen LogP contribution in [0.4, 0.5) is 0 Å². The molecule has 0 amide bonds. The van der Waals surface area contributed by atoms with Gasteiger partial charge < -0.3 is 9.84 Å². The van der Waals surface area contributed by atoms with Crippen LogP contribution in [0.5, 0.6) is 0 Å². The molecule has 18 heavy (non-hydrogen) atoms. The summed E-state index contributed by atoms with van der Waals surface area (Å²) in [6.07, 6.45) is 0.998. The topological polar surface area (TPSA) is 58.6 Å². The number of aliphatic carboxylic acids is 1. The van der Waals surface area contributed by atoms with Crippen LogP contribution >= 0.6 is 11.3 Å². The van der Waals surface area contributed by atoms with Gasteiger partial charge in [-0.25, -0.2) is 0 Å². The molecule has 4 nitrogen and oxygen atoms in total. The number of thiophene rings is 1. The molecule has 0 radical (unpaired) electrons. The van der Waals surface area contributed by atoms with Gasteiger partial charge in [0.15, 0.2) is 0 Å². The molecule has 1 unspecified atom stereocenters. The van der Waals surface area contributed by atoms with Gasteiger partial charge >= 0.3 is 5.97 Å². The molecule has 2 rings (SSSR count). The normalized spacial score (nSPS) is 27.0. The largest absolute Gasteiger partial charge is 0.480 e. The molecule has 1 fully saturated rings. The highest BCUT2D eigenvalue weighted by Crippen LogP contribution is 2.32. The molecule has 0 spiro atoms. The monoisotopic (exact) mass is 269 g/mol. The van der Waals surface area contributed by atoms with Gasteiger partial charge in [-0.15, -0.1) is 11.3 Å². The van der Waals surface area contributed by atoms with Crippen LogP contribution in [0.15, 0.2) is 17.5 Å². The second-order valence-corrected chi connectivity index (χ2v) is 6.39. The zero-order valence-electron chi connectivity index (χ0n) is 10.7. The second-order valence-electron chi connectivity index (χ2n) is 5.36. The van der Waals surface area contributed by atoms with Crippen LogP contribution in [0.2, 0.25) is 0 Å². The predicted octanol–water partition coefficient (Wildman–Crippen LogP) is 2.25. The number of hydrogen-bond acceptors (Lipinski definition) is 4. The highest BCUT2D eigenvalue weighted by molar-refractivity contribution is 7.09. The summed E-state index contributed by atoms with van der Waals surface area (Å²) in [7, 11) is 0. The SMILES string of the molecule is CC1(C)CC(NCc2cccs2)(C(=O)O)CCO1. The van der Waals surface area contributed by atoms with E-state index in [0.717, 1.165) is 4.88 Å². The molecule has 0 aliphatic carbocycles. The van der Waals surface area contributed by atoms with E-state index < -0.39 is 11.5 Å². The van der Waals surface area contributed by atoms with Crippen molar-refractivity contribution in [3.05, 3.63) is 22.4 Å². The van der Waals surface area contributed by atoms with Gasteiger partial charge in [0, 0.05) is 24.4 Å². The first kappa shape index (κ1) is 13.5. The standard InChI is InChI=1S/C13H19NO3S/c1-12(2)9-13(11(15)16,5-6-17-12)14-8-10-4-3-7-18-10/h3-4,7,14H,5-6,8-9H2,1-2H3,(H,15,16). The van der Waals surface area contributed by atoms with Crippen molar-refractivity contribution >= 4 is 17.3 Å². The van der Waals surface area contributed by atoms with Crippen molar-refractivity contribution in [2.75, 3.05) is 6.61 Å². The molecule has 1 atom stereocenters. The minimum absolute atomic E-state index is 0.390. The van der Waals surface area contributed by atoms with Crippen LogP contribution < -0.4 is 5.32 Å². The highest BCUT2D eigenvalue weighted by Gasteiger charge is 2.46. The summed E-state index contributed by atoms with van der Waals surface area (Å²) in [6.45, 7) is 4.96. The Balaban J connectivity index is 2.09. The van der Waals surface area contributed by atoms with E-state index in [1.165, 1.54) is 0 Å². The molecule has 0 saturated carbocycles. The predicted molar refractivity (Wildman–Crippen MR) is 70.8 cm³/mol. The number of nitrogens with one attached hydrogen (secondary N) is 1. The Morgan fingerprint density at radius 1 is 1.61 bits per heavy atom. The molecule has 0 aromatic carbocycles. The van der Waals surface area contributed by atoms with Crippen molar-refractivity contribution in [1.82, 2.24) is 5.32 Å². The molecule has 1 saturated heterocycles. The average molecular weight is 269 g/mol. The van der Waals surface area contributed by atoms with Crippen LogP contribution in [0, 0.1) is 0 Å². The van der Waals surface area contributed by atoms with E-state index in [2.05, 4.69) is 5.32 Å². The fraction of sp³-hybridized carbons (Fsp3) is 0.615. The second kappa shape index (κ2) is 4.99. The third-order valence-electron chi connectivity index (χ3n) is 3.34. The van der Waals surface area contributed by atoms with Gasteiger partial charge in [0.25, 0.3) is 0 Å². The quantitative estimate of drug-likeness (QED) is 0.880. The van der Waals surface area contributed by atoms with Crippen molar-refractivity contribution in [2.24, 2.45) is 0 Å². The molecule has 2 N–H and O–H groups in total. The van der Waals surface area contributed by atoms with Crippen LogP contribution in [-0.4, -0.2) is 28.8 Å². The number of carbonyl (C=O) groups is 1. The Bertz CT molecular complexity index is 416. The maximum absolute atomic E-state index is 11.6. The van der Waals surface area contributed by atoms with Gasteiger partial charge in [-0.05, 0) is 31.7 Å². The fourth-order valence-electron chi connectivity index (χ4n) is 2.45. The first-order valence-electron chi connectivity index (χ1n) is 6.08. The van der Waals surface area contributed by atoms with E-state index in [1.54, 1.807) is 11.3 Å². The van der Waals surface area contributed by atoms with Crippen molar-refractivity contribution < 1.29 is 14.6 Å².